The molecule has 1 aliphatic rings. The summed E-state index contributed by atoms with van der Waals surface area (Å²) in [5.41, 5.74) is 2.33. The van der Waals surface area contributed by atoms with Crippen LogP contribution in [0.3, 0.4) is 0 Å². The largest absolute Gasteiger partial charge is 0.457 e. The number of furan rings is 1. The zero-order chi connectivity index (χ0) is 14.8. The number of carbonyl (C=O) groups is 1. The predicted molar refractivity (Wildman–Crippen MR) is 90.2 cm³/mol. The molecule has 0 atom stereocenters. The molecule has 1 aromatic heterocycles. The van der Waals surface area contributed by atoms with Crippen LogP contribution in [0.2, 0.25) is 0 Å². The van der Waals surface area contributed by atoms with E-state index in [1.807, 2.05) is 12.1 Å². The van der Waals surface area contributed by atoms with Crippen LogP contribution >= 0.6 is 24.0 Å². The number of aryl methyl sites for hydroxylation is 1. The van der Waals surface area contributed by atoms with E-state index in [4.69, 9.17) is 16.6 Å². The Morgan fingerprint density at radius 3 is 2.62 bits per heavy atom. The van der Waals surface area contributed by atoms with Gasteiger partial charge in [-0.2, -0.15) is 0 Å². The molecule has 1 aliphatic heterocycles. The van der Waals surface area contributed by atoms with E-state index in [0.29, 0.717) is 10.7 Å². The number of nitrogens with one attached hydrogen (secondary N) is 1. The molecule has 0 spiro atoms. The van der Waals surface area contributed by atoms with Gasteiger partial charge in [-0.15, -0.1) is 0 Å². The summed E-state index contributed by atoms with van der Waals surface area (Å²) >= 11 is 6.17. The van der Waals surface area contributed by atoms with Crippen molar-refractivity contribution in [2.24, 2.45) is 0 Å². The molecular weight excluding hydrogens is 302 g/mol. The monoisotopic (exact) mass is 315 g/mol. The van der Waals surface area contributed by atoms with Crippen LogP contribution in [-0.2, 0) is 6.42 Å². The van der Waals surface area contributed by atoms with Crippen molar-refractivity contribution in [1.29, 1.82) is 0 Å². The first-order valence-electron chi connectivity index (χ1n) is 6.59. The fourth-order valence-electron chi connectivity index (χ4n) is 2.04. The van der Waals surface area contributed by atoms with Gasteiger partial charge in [0.25, 0.3) is 5.24 Å². The van der Waals surface area contributed by atoms with E-state index in [-0.39, 0.29) is 5.24 Å². The van der Waals surface area contributed by atoms with Crippen LogP contribution in [0.4, 0.5) is 4.79 Å². The Kier molecular flexibility index (Phi) is 3.94. The molecule has 3 nitrogen and oxygen atoms in total. The normalized spacial score (nSPS) is 16.5. The lowest BCUT2D eigenvalue weighted by Crippen LogP contribution is -2.15. The van der Waals surface area contributed by atoms with Crippen LogP contribution in [-0.4, -0.2) is 10.2 Å². The van der Waals surface area contributed by atoms with E-state index in [1.165, 1.54) is 5.56 Å². The molecule has 1 aromatic carbocycles. The number of rotatable bonds is 3. The Morgan fingerprint density at radius 2 is 2.00 bits per heavy atom. The third-order valence-electron chi connectivity index (χ3n) is 3.19. The third kappa shape index (κ3) is 3.09. The fraction of sp³-hybridized carbons (Fsp3) is 0.125. The number of benzene rings is 1. The minimum atomic E-state index is -0.145. The molecule has 0 aliphatic carbocycles. The van der Waals surface area contributed by atoms with Gasteiger partial charge in [0.15, 0.2) is 0 Å². The molecule has 3 rings (SSSR count). The average molecular weight is 315 g/mol. The van der Waals surface area contributed by atoms with Crippen LogP contribution in [0, 0.1) is 0 Å². The molecule has 106 valence electrons. The third-order valence-corrected chi connectivity index (χ3v) is 4.47. The standard InChI is InChI=1S/C16H13NO2S2/c1-2-10-3-5-11(6-4-10)13-8-7-12(19-13)9-14-15(20)17-16(18)21-14/h3-9H,2H2,1H3,(H,17,18,20). The summed E-state index contributed by atoms with van der Waals surface area (Å²) in [7, 11) is 0. The summed E-state index contributed by atoms with van der Waals surface area (Å²) in [4.78, 5) is 12.4. The minimum Gasteiger partial charge on any atom is -0.457 e. The minimum absolute atomic E-state index is 0.145. The highest BCUT2D eigenvalue weighted by atomic mass is 32.2. The van der Waals surface area contributed by atoms with Gasteiger partial charge in [0, 0.05) is 5.56 Å². The maximum atomic E-state index is 11.2. The number of hydrogen-bond donors (Lipinski definition) is 1. The fourth-order valence-corrected chi connectivity index (χ4v) is 3.05. The van der Waals surface area contributed by atoms with Crippen LogP contribution in [0.25, 0.3) is 17.4 Å². The highest BCUT2D eigenvalue weighted by molar-refractivity contribution is 8.19. The Labute approximate surface area is 132 Å². The van der Waals surface area contributed by atoms with Gasteiger partial charge < -0.3 is 9.73 Å². The Hall–Kier alpha value is -1.85. The second kappa shape index (κ2) is 5.87. The summed E-state index contributed by atoms with van der Waals surface area (Å²) in [5.74, 6) is 1.49. The zero-order valence-electron chi connectivity index (χ0n) is 11.4. The number of hydrogen-bond acceptors (Lipinski definition) is 4. The smallest absolute Gasteiger partial charge is 0.289 e. The van der Waals surface area contributed by atoms with Crippen molar-refractivity contribution in [1.82, 2.24) is 5.32 Å². The maximum absolute atomic E-state index is 11.2. The van der Waals surface area contributed by atoms with Crippen molar-refractivity contribution in [3.05, 3.63) is 52.6 Å². The molecule has 2 heterocycles. The van der Waals surface area contributed by atoms with Crippen LogP contribution in [0.1, 0.15) is 18.2 Å². The van der Waals surface area contributed by atoms with E-state index >= 15 is 0 Å². The van der Waals surface area contributed by atoms with Crippen LogP contribution in [0.15, 0.2) is 45.7 Å². The number of thiocarbonyl (C=S) groups is 1. The highest BCUT2D eigenvalue weighted by Crippen LogP contribution is 2.29. The Morgan fingerprint density at radius 1 is 1.24 bits per heavy atom. The molecule has 0 bridgehead atoms. The van der Waals surface area contributed by atoms with Gasteiger partial charge in [0.1, 0.15) is 16.5 Å². The summed E-state index contributed by atoms with van der Waals surface area (Å²) < 4.78 is 5.80. The zero-order valence-corrected chi connectivity index (χ0v) is 13.0. The van der Waals surface area contributed by atoms with Crippen molar-refractivity contribution < 1.29 is 9.21 Å². The van der Waals surface area contributed by atoms with Gasteiger partial charge in [0.05, 0.1) is 4.91 Å². The molecule has 1 saturated heterocycles. The lowest BCUT2D eigenvalue weighted by Gasteiger charge is -1.99. The van der Waals surface area contributed by atoms with E-state index in [0.717, 1.165) is 34.4 Å². The van der Waals surface area contributed by atoms with Gasteiger partial charge in [-0.1, -0.05) is 43.4 Å². The molecule has 21 heavy (non-hydrogen) atoms. The SMILES string of the molecule is CCc1ccc(-c2ccc(C=C3SC(=O)NC3=S)o2)cc1. The molecule has 5 heteroatoms. The van der Waals surface area contributed by atoms with Crippen molar-refractivity contribution in [2.75, 3.05) is 0 Å². The second-order valence-electron chi connectivity index (χ2n) is 4.60. The summed E-state index contributed by atoms with van der Waals surface area (Å²) in [6.45, 7) is 2.13. The van der Waals surface area contributed by atoms with E-state index < -0.39 is 0 Å². The van der Waals surface area contributed by atoms with E-state index in [9.17, 15) is 4.79 Å². The van der Waals surface area contributed by atoms with Crippen molar-refractivity contribution in [2.45, 2.75) is 13.3 Å². The molecule has 0 saturated carbocycles. The highest BCUT2D eigenvalue weighted by Gasteiger charge is 2.21. The number of carbonyl (C=O) groups excluding carboxylic acids is 1. The Balaban J connectivity index is 1.84. The molecule has 0 unspecified atom stereocenters. The first-order chi connectivity index (χ1) is 10.2. The van der Waals surface area contributed by atoms with Gasteiger partial charge in [-0.3, -0.25) is 4.79 Å². The molecule has 0 radical (unpaired) electrons. The van der Waals surface area contributed by atoms with Gasteiger partial charge >= 0.3 is 0 Å². The summed E-state index contributed by atoms with van der Waals surface area (Å²) in [5, 5.41) is 2.44. The van der Waals surface area contributed by atoms with Gasteiger partial charge in [-0.25, -0.2) is 0 Å². The maximum Gasteiger partial charge on any atom is 0.289 e. The predicted octanol–water partition coefficient (Wildman–Crippen LogP) is 4.63. The topological polar surface area (TPSA) is 42.2 Å². The summed E-state index contributed by atoms with van der Waals surface area (Å²) in [6.07, 6.45) is 2.81. The van der Waals surface area contributed by atoms with Crippen LogP contribution in [0.5, 0.6) is 0 Å². The Bertz CT molecular complexity index is 729. The second-order valence-corrected chi connectivity index (χ2v) is 6.03. The van der Waals surface area contributed by atoms with Crippen LogP contribution < -0.4 is 5.32 Å². The lowest BCUT2D eigenvalue weighted by molar-refractivity contribution is 0.265. The molecule has 1 fully saturated rings. The molecule has 2 aromatic rings. The quantitative estimate of drug-likeness (QED) is 0.662. The number of amides is 1. The van der Waals surface area contributed by atoms with Crippen molar-refractivity contribution >= 4 is 40.3 Å². The molecule has 1 N–H and O–H groups in total. The van der Waals surface area contributed by atoms with E-state index in [2.05, 4.69) is 36.5 Å². The van der Waals surface area contributed by atoms with E-state index in [1.54, 1.807) is 6.08 Å². The van der Waals surface area contributed by atoms with Gasteiger partial charge in [-0.05, 0) is 42.0 Å². The number of thioether (sulfide) groups is 1. The van der Waals surface area contributed by atoms with Gasteiger partial charge in [0.2, 0.25) is 0 Å². The van der Waals surface area contributed by atoms with Crippen molar-refractivity contribution in [3.63, 3.8) is 0 Å². The first-order valence-corrected chi connectivity index (χ1v) is 7.82. The summed E-state index contributed by atoms with van der Waals surface area (Å²) in [6, 6.07) is 12.1. The first kappa shape index (κ1) is 14.1. The van der Waals surface area contributed by atoms with Crippen molar-refractivity contribution in [3.8, 4) is 11.3 Å². The lowest BCUT2D eigenvalue weighted by atomic mass is 10.1. The molecule has 1 amide bonds. The average Bonchev–Trinajstić information content (AvgIpc) is 3.07. The molecular formula is C16H13NO2S2.